The van der Waals surface area contributed by atoms with E-state index in [9.17, 15) is 18.5 Å². The maximum atomic E-state index is 12.8. The van der Waals surface area contributed by atoms with Crippen molar-refractivity contribution in [2.75, 3.05) is 45.1 Å². The van der Waals surface area contributed by atoms with E-state index >= 15 is 0 Å². The molecule has 1 aliphatic rings. The van der Waals surface area contributed by atoms with E-state index in [4.69, 9.17) is 0 Å². The first-order valence-corrected chi connectivity index (χ1v) is 9.74. The van der Waals surface area contributed by atoms with Gasteiger partial charge in [-0.15, -0.1) is 10.2 Å². The fourth-order valence-corrected chi connectivity index (χ4v) is 4.17. The summed E-state index contributed by atoms with van der Waals surface area (Å²) >= 11 is 0. The molecule has 0 spiro atoms. The summed E-state index contributed by atoms with van der Waals surface area (Å²) in [6.45, 7) is 2.64. The van der Waals surface area contributed by atoms with Crippen LogP contribution >= 0.6 is 0 Å². The predicted molar refractivity (Wildman–Crippen MR) is 95.7 cm³/mol. The molecule has 3 rings (SSSR count). The first-order valence-electron chi connectivity index (χ1n) is 8.30. The number of aromatic nitrogens is 4. The minimum atomic E-state index is -3.77. The van der Waals surface area contributed by atoms with Crippen molar-refractivity contribution in [3.05, 3.63) is 34.6 Å². The highest BCUT2D eigenvalue weighted by molar-refractivity contribution is 7.89. The highest BCUT2D eigenvalue weighted by Crippen LogP contribution is 2.29. The average molecular weight is 396 g/mol. The summed E-state index contributed by atoms with van der Waals surface area (Å²) in [5.74, 6) is 0. The number of anilines is 1. The van der Waals surface area contributed by atoms with Crippen molar-refractivity contribution >= 4 is 21.4 Å². The summed E-state index contributed by atoms with van der Waals surface area (Å²) in [6, 6.07) is 3.90. The number of nitrogens with zero attached hydrogens (tertiary/aromatic N) is 7. The van der Waals surface area contributed by atoms with Crippen LogP contribution in [0.2, 0.25) is 0 Å². The van der Waals surface area contributed by atoms with Gasteiger partial charge in [-0.25, -0.2) is 8.42 Å². The van der Waals surface area contributed by atoms with Crippen LogP contribution in [0.25, 0.3) is 0 Å². The van der Waals surface area contributed by atoms with E-state index in [2.05, 4.69) is 20.7 Å². The van der Waals surface area contributed by atoms with Crippen LogP contribution in [0.3, 0.4) is 0 Å². The Bertz CT molecular complexity index is 894. The molecule has 1 saturated heterocycles. The lowest BCUT2D eigenvalue weighted by molar-refractivity contribution is -0.384. The summed E-state index contributed by atoms with van der Waals surface area (Å²) in [4.78, 5) is 14.1. The Balaban J connectivity index is 1.77. The lowest BCUT2D eigenvalue weighted by atomic mass is 10.2. The fraction of sp³-hybridized carbons (Fsp3) is 0.500. The minimum Gasteiger partial charge on any atom is -0.378 e. The van der Waals surface area contributed by atoms with Gasteiger partial charge in [-0.05, 0) is 24.4 Å². The van der Waals surface area contributed by atoms with E-state index in [-0.39, 0.29) is 16.3 Å². The largest absolute Gasteiger partial charge is 0.378 e. The van der Waals surface area contributed by atoms with Crippen molar-refractivity contribution in [3.63, 3.8) is 0 Å². The first kappa shape index (κ1) is 19.1. The number of hydrogen-bond acceptors (Lipinski definition) is 9. The zero-order valence-electron chi connectivity index (χ0n) is 14.7. The van der Waals surface area contributed by atoms with E-state index in [1.807, 2.05) is 11.9 Å². The van der Waals surface area contributed by atoms with Crippen LogP contribution < -0.4 is 5.32 Å². The van der Waals surface area contributed by atoms with Gasteiger partial charge in [0.1, 0.15) is 5.69 Å². The van der Waals surface area contributed by atoms with E-state index in [1.54, 1.807) is 0 Å². The summed E-state index contributed by atoms with van der Waals surface area (Å²) in [7, 11) is -1.85. The minimum absolute atomic E-state index is 0.0813. The highest BCUT2D eigenvalue weighted by Gasteiger charge is 2.29. The number of rotatable bonds is 7. The van der Waals surface area contributed by atoms with Gasteiger partial charge in [0.25, 0.3) is 5.69 Å². The lowest BCUT2D eigenvalue weighted by Gasteiger charge is -2.31. The quantitative estimate of drug-likeness (QED) is 0.490. The molecule has 1 N–H and O–H groups in total. The normalized spacial score (nSPS) is 16.3. The molecule has 2 aromatic rings. The molecule has 0 aliphatic carbocycles. The molecule has 0 saturated carbocycles. The summed E-state index contributed by atoms with van der Waals surface area (Å²) in [5, 5.41) is 25.4. The van der Waals surface area contributed by atoms with Crippen LogP contribution in [0.1, 0.15) is 0 Å². The van der Waals surface area contributed by atoms with Gasteiger partial charge < -0.3 is 10.2 Å². The number of hydrogen-bond donors (Lipinski definition) is 1. The van der Waals surface area contributed by atoms with Crippen molar-refractivity contribution < 1.29 is 13.3 Å². The van der Waals surface area contributed by atoms with Crippen LogP contribution in [0.4, 0.5) is 11.4 Å². The number of nitro groups is 1. The van der Waals surface area contributed by atoms with Crippen molar-refractivity contribution in [2.24, 2.45) is 0 Å². The monoisotopic (exact) mass is 396 g/mol. The second kappa shape index (κ2) is 7.94. The van der Waals surface area contributed by atoms with Gasteiger partial charge in [-0.1, -0.05) is 0 Å². The van der Waals surface area contributed by atoms with Crippen molar-refractivity contribution in [1.82, 2.24) is 29.4 Å². The molecule has 146 valence electrons. The molecule has 2 heterocycles. The molecule has 1 fully saturated rings. The number of piperazine rings is 1. The van der Waals surface area contributed by atoms with Gasteiger partial charge in [0, 0.05) is 38.8 Å². The maximum absolute atomic E-state index is 12.8. The van der Waals surface area contributed by atoms with Gasteiger partial charge in [-0.2, -0.15) is 9.10 Å². The van der Waals surface area contributed by atoms with Crippen LogP contribution in [0, 0.1) is 10.1 Å². The second-order valence-electron chi connectivity index (χ2n) is 6.10. The van der Waals surface area contributed by atoms with Crippen LogP contribution in [0.15, 0.2) is 29.4 Å². The Kier molecular flexibility index (Phi) is 5.62. The van der Waals surface area contributed by atoms with Crippen LogP contribution in [-0.4, -0.2) is 82.5 Å². The molecule has 0 radical (unpaired) electrons. The lowest BCUT2D eigenvalue weighted by Crippen LogP contribution is -2.47. The Morgan fingerprint density at radius 3 is 2.63 bits per heavy atom. The second-order valence-corrected chi connectivity index (χ2v) is 8.04. The van der Waals surface area contributed by atoms with Gasteiger partial charge in [-0.3, -0.25) is 10.1 Å². The molecule has 0 bridgehead atoms. The smallest absolute Gasteiger partial charge is 0.293 e. The molecule has 0 atom stereocenters. The number of likely N-dealkylation sites (N-methyl/N-ethyl adjacent to an activating group) is 1. The Morgan fingerprint density at radius 1 is 1.26 bits per heavy atom. The zero-order chi connectivity index (χ0) is 19.4. The molecule has 1 aliphatic heterocycles. The Morgan fingerprint density at radius 2 is 2.00 bits per heavy atom. The third-order valence-electron chi connectivity index (χ3n) is 4.28. The topological polar surface area (TPSA) is 139 Å². The van der Waals surface area contributed by atoms with Crippen molar-refractivity contribution in [1.29, 1.82) is 0 Å². The Labute approximate surface area is 156 Å². The summed E-state index contributed by atoms with van der Waals surface area (Å²) in [6.07, 6.45) is 1.29. The third-order valence-corrected chi connectivity index (χ3v) is 6.18. The molecule has 12 nitrogen and oxygen atoms in total. The number of nitrogens with one attached hydrogen (secondary N) is 1. The number of benzene rings is 1. The van der Waals surface area contributed by atoms with E-state index < -0.39 is 14.9 Å². The zero-order valence-corrected chi connectivity index (χ0v) is 15.5. The van der Waals surface area contributed by atoms with Crippen molar-refractivity contribution in [2.45, 2.75) is 11.4 Å². The maximum Gasteiger partial charge on any atom is 0.293 e. The van der Waals surface area contributed by atoms with Crippen molar-refractivity contribution in [3.8, 4) is 0 Å². The van der Waals surface area contributed by atoms with Gasteiger partial charge in [0.15, 0.2) is 6.33 Å². The first-order chi connectivity index (χ1) is 12.9. The molecule has 0 unspecified atom stereocenters. The molecule has 27 heavy (non-hydrogen) atoms. The fourth-order valence-electron chi connectivity index (χ4n) is 2.73. The third kappa shape index (κ3) is 4.37. The predicted octanol–water partition coefficient (Wildman–Crippen LogP) is -0.370. The van der Waals surface area contributed by atoms with Crippen LogP contribution in [0.5, 0.6) is 0 Å². The van der Waals surface area contributed by atoms with Gasteiger partial charge >= 0.3 is 0 Å². The summed E-state index contributed by atoms with van der Waals surface area (Å²) < 4.78 is 26.9. The average Bonchev–Trinajstić information content (AvgIpc) is 3.15. The molecule has 0 amide bonds. The summed E-state index contributed by atoms with van der Waals surface area (Å²) in [5.41, 5.74) is -0.0609. The van der Waals surface area contributed by atoms with Gasteiger partial charge in [0.05, 0.1) is 16.4 Å². The van der Waals surface area contributed by atoms with E-state index in [0.29, 0.717) is 39.3 Å². The number of nitro benzene ring substituents is 1. The molecule has 1 aromatic heterocycles. The van der Waals surface area contributed by atoms with E-state index in [0.717, 1.165) is 6.07 Å². The molecule has 1 aromatic carbocycles. The van der Waals surface area contributed by atoms with E-state index in [1.165, 1.54) is 27.6 Å². The SMILES string of the molecule is CN1CCN(S(=O)(=O)c2ccc(NCCn3ncnn3)c([N+](=O)[O-])c2)CC1. The number of tetrazole rings is 1. The standard InChI is InChI=1S/C14H20N8O4S/c1-19-6-8-20(9-7-19)27(25,26)12-2-3-13(14(10-12)22(23)24)15-4-5-21-17-11-16-18-21/h2-3,10-11,15H,4-9H2,1H3. The number of sulfonamides is 1. The molecular weight excluding hydrogens is 376 g/mol. The molecule has 13 heteroatoms. The van der Waals surface area contributed by atoms with Crippen LogP contribution in [-0.2, 0) is 16.6 Å². The Hall–Kier alpha value is -2.64. The highest BCUT2D eigenvalue weighted by atomic mass is 32.2. The van der Waals surface area contributed by atoms with Gasteiger partial charge in [0.2, 0.25) is 10.0 Å². The molecular formula is C14H20N8O4S.